The van der Waals surface area contributed by atoms with Crippen molar-refractivity contribution in [3.63, 3.8) is 0 Å². The van der Waals surface area contributed by atoms with Crippen molar-refractivity contribution in [2.45, 2.75) is 26.4 Å². The fraction of sp³-hybridized carbons (Fsp3) is 0.500. The van der Waals surface area contributed by atoms with Crippen LogP contribution in [0.15, 0.2) is 10.5 Å². The molecule has 0 fully saturated rings. The van der Waals surface area contributed by atoms with Crippen LogP contribution in [0.5, 0.6) is 0 Å². The minimum absolute atomic E-state index is 0.342. The van der Waals surface area contributed by atoms with Crippen LogP contribution in [0.2, 0.25) is 0 Å². The molecule has 1 heterocycles. The van der Waals surface area contributed by atoms with Gasteiger partial charge < -0.3 is 14.3 Å². The Morgan fingerprint density at radius 2 is 2.29 bits per heavy atom. The molecule has 1 aromatic rings. The van der Waals surface area contributed by atoms with Crippen LogP contribution in [0, 0.1) is 13.8 Å². The summed E-state index contributed by atoms with van der Waals surface area (Å²) in [6.07, 6.45) is -0.458. The quantitative estimate of drug-likeness (QED) is 0.797. The van der Waals surface area contributed by atoms with Crippen LogP contribution in [-0.4, -0.2) is 24.3 Å². The van der Waals surface area contributed by atoms with E-state index in [9.17, 15) is 4.79 Å². The van der Waals surface area contributed by atoms with Crippen molar-refractivity contribution in [3.8, 4) is 0 Å². The number of hydrogen-bond acceptors (Lipinski definition) is 3. The lowest BCUT2D eigenvalue weighted by atomic mass is 10.1. The molecule has 0 saturated carbocycles. The minimum atomic E-state index is -0.953. The van der Waals surface area contributed by atoms with E-state index in [1.807, 2.05) is 19.9 Å². The van der Waals surface area contributed by atoms with Gasteiger partial charge in [0.1, 0.15) is 11.5 Å². The predicted octanol–water partition coefficient (Wildman–Crippen LogP) is 1.54. The van der Waals surface area contributed by atoms with Crippen molar-refractivity contribution in [3.05, 3.63) is 23.2 Å². The molecule has 0 radical (unpaired) electrons. The van der Waals surface area contributed by atoms with E-state index in [2.05, 4.69) is 0 Å². The van der Waals surface area contributed by atoms with Crippen LogP contribution in [0.1, 0.15) is 17.1 Å². The van der Waals surface area contributed by atoms with Crippen LogP contribution < -0.4 is 0 Å². The average molecular weight is 198 g/mol. The van der Waals surface area contributed by atoms with E-state index in [1.54, 1.807) is 0 Å². The highest BCUT2D eigenvalue weighted by atomic mass is 16.5. The topological polar surface area (TPSA) is 59.7 Å². The normalized spacial score (nSPS) is 12.8. The summed E-state index contributed by atoms with van der Waals surface area (Å²) in [6.45, 7) is 3.65. The highest BCUT2D eigenvalue weighted by molar-refractivity contribution is 5.72. The Balaban J connectivity index is 2.76. The zero-order valence-corrected chi connectivity index (χ0v) is 8.53. The molecule has 1 aromatic heterocycles. The fourth-order valence-corrected chi connectivity index (χ4v) is 1.36. The number of aliphatic carboxylic acids is 1. The molecule has 1 unspecified atom stereocenters. The first-order chi connectivity index (χ1) is 6.54. The maximum absolute atomic E-state index is 10.7. The van der Waals surface area contributed by atoms with Gasteiger partial charge in [-0.05, 0) is 25.5 Å². The molecule has 0 spiro atoms. The fourth-order valence-electron chi connectivity index (χ4n) is 1.36. The Labute approximate surface area is 82.5 Å². The second-order valence-electron chi connectivity index (χ2n) is 3.21. The van der Waals surface area contributed by atoms with E-state index < -0.39 is 12.1 Å². The van der Waals surface area contributed by atoms with Gasteiger partial charge in [-0.25, -0.2) is 4.79 Å². The molecule has 0 bridgehead atoms. The van der Waals surface area contributed by atoms with Crippen molar-refractivity contribution in [2.75, 3.05) is 7.11 Å². The Hall–Kier alpha value is -1.29. The molecule has 0 aliphatic heterocycles. The number of hydrogen-bond donors (Lipinski definition) is 1. The third-order valence-electron chi connectivity index (χ3n) is 2.11. The van der Waals surface area contributed by atoms with E-state index in [0.29, 0.717) is 6.42 Å². The summed E-state index contributed by atoms with van der Waals surface area (Å²) in [5.74, 6) is 0.592. The number of carbonyl (C=O) groups is 1. The smallest absolute Gasteiger partial charge is 0.333 e. The first kappa shape index (κ1) is 10.8. The standard InChI is InChI=1S/C10H14O4/c1-6-4-8(7(2)14-6)5-9(13-3)10(11)12/h4,9H,5H2,1-3H3,(H,11,12). The lowest BCUT2D eigenvalue weighted by Crippen LogP contribution is -2.24. The van der Waals surface area contributed by atoms with Crippen LogP contribution in [0.25, 0.3) is 0 Å². The van der Waals surface area contributed by atoms with Gasteiger partial charge in [-0.2, -0.15) is 0 Å². The molecule has 1 atom stereocenters. The zero-order valence-electron chi connectivity index (χ0n) is 8.53. The van der Waals surface area contributed by atoms with Gasteiger partial charge in [0.05, 0.1) is 0 Å². The van der Waals surface area contributed by atoms with E-state index in [1.165, 1.54) is 7.11 Å². The van der Waals surface area contributed by atoms with Gasteiger partial charge in [-0.15, -0.1) is 0 Å². The van der Waals surface area contributed by atoms with Gasteiger partial charge in [0.15, 0.2) is 6.10 Å². The maximum atomic E-state index is 10.7. The van der Waals surface area contributed by atoms with Gasteiger partial charge in [-0.1, -0.05) is 0 Å². The first-order valence-electron chi connectivity index (χ1n) is 4.36. The Bertz CT molecular complexity index is 327. The first-order valence-corrected chi connectivity index (χ1v) is 4.36. The molecular formula is C10H14O4. The van der Waals surface area contributed by atoms with Crippen molar-refractivity contribution in [2.24, 2.45) is 0 Å². The minimum Gasteiger partial charge on any atom is -0.479 e. The summed E-state index contributed by atoms with van der Waals surface area (Å²) in [5, 5.41) is 8.78. The monoisotopic (exact) mass is 198 g/mol. The predicted molar refractivity (Wildman–Crippen MR) is 50.3 cm³/mol. The largest absolute Gasteiger partial charge is 0.479 e. The van der Waals surface area contributed by atoms with Crippen molar-refractivity contribution in [1.29, 1.82) is 0 Å². The van der Waals surface area contributed by atoms with Gasteiger partial charge in [0.2, 0.25) is 0 Å². The summed E-state index contributed by atoms with van der Waals surface area (Å²) in [5.41, 5.74) is 0.886. The molecule has 0 aliphatic rings. The van der Waals surface area contributed by atoms with Gasteiger partial charge >= 0.3 is 5.97 Å². The molecule has 4 nitrogen and oxygen atoms in total. The zero-order chi connectivity index (χ0) is 10.7. The van der Waals surface area contributed by atoms with E-state index in [4.69, 9.17) is 14.3 Å². The van der Waals surface area contributed by atoms with Gasteiger partial charge in [0.25, 0.3) is 0 Å². The summed E-state index contributed by atoms with van der Waals surface area (Å²) in [6, 6.07) is 1.84. The van der Waals surface area contributed by atoms with Crippen molar-refractivity contribution < 1.29 is 19.1 Å². The van der Waals surface area contributed by atoms with Crippen LogP contribution in [-0.2, 0) is 16.0 Å². The van der Waals surface area contributed by atoms with Crippen LogP contribution in [0.3, 0.4) is 0 Å². The molecule has 0 aliphatic carbocycles. The molecule has 0 saturated heterocycles. The number of aryl methyl sites for hydroxylation is 2. The molecular weight excluding hydrogens is 184 g/mol. The SMILES string of the molecule is COC(Cc1cc(C)oc1C)C(=O)O. The lowest BCUT2D eigenvalue weighted by molar-refractivity contribution is -0.148. The number of carboxylic acids is 1. The highest BCUT2D eigenvalue weighted by Crippen LogP contribution is 2.16. The average Bonchev–Trinajstić information content (AvgIpc) is 2.40. The van der Waals surface area contributed by atoms with Crippen LogP contribution in [0.4, 0.5) is 0 Å². The van der Waals surface area contributed by atoms with Crippen LogP contribution >= 0.6 is 0 Å². The van der Waals surface area contributed by atoms with Gasteiger partial charge in [-0.3, -0.25) is 0 Å². The molecule has 4 heteroatoms. The summed E-state index contributed by atoms with van der Waals surface area (Å²) < 4.78 is 10.1. The lowest BCUT2D eigenvalue weighted by Gasteiger charge is -2.08. The number of furan rings is 1. The molecule has 0 aromatic carbocycles. The summed E-state index contributed by atoms with van der Waals surface area (Å²) in [4.78, 5) is 10.7. The maximum Gasteiger partial charge on any atom is 0.333 e. The second-order valence-corrected chi connectivity index (χ2v) is 3.21. The summed E-state index contributed by atoms with van der Waals surface area (Å²) in [7, 11) is 1.39. The Kier molecular flexibility index (Phi) is 3.30. The molecule has 1 N–H and O–H groups in total. The second kappa shape index (κ2) is 4.28. The molecule has 1 rings (SSSR count). The van der Waals surface area contributed by atoms with E-state index in [-0.39, 0.29) is 0 Å². The number of rotatable bonds is 4. The van der Waals surface area contributed by atoms with E-state index >= 15 is 0 Å². The van der Waals surface area contributed by atoms with Crippen molar-refractivity contribution >= 4 is 5.97 Å². The summed E-state index contributed by atoms with van der Waals surface area (Å²) >= 11 is 0. The Morgan fingerprint density at radius 1 is 1.64 bits per heavy atom. The third-order valence-corrected chi connectivity index (χ3v) is 2.11. The number of methoxy groups -OCH3 is 1. The van der Waals surface area contributed by atoms with E-state index in [0.717, 1.165) is 17.1 Å². The number of ether oxygens (including phenoxy) is 1. The highest BCUT2D eigenvalue weighted by Gasteiger charge is 2.19. The van der Waals surface area contributed by atoms with Gasteiger partial charge in [0, 0.05) is 13.5 Å². The third kappa shape index (κ3) is 2.35. The Morgan fingerprint density at radius 3 is 2.64 bits per heavy atom. The molecule has 78 valence electrons. The van der Waals surface area contributed by atoms with Crippen molar-refractivity contribution in [1.82, 2.24) is 0 Å². The molecule has 14 heavy (non-hydrogen) atoms. The number of carboxylic acid groups (broad SMARTS) is 1. The molecule has 0 amide bonds.